The van der Waals surface area contributed by atoms with Crippen LogP contribution >= 0.6 is 0 Å². The summed E-state index contributed by atoms with van der Waals surface area (Å²) in [6.45, 7) is 2.41. The fourth-order valence-electron chi connectivity index (χ4n) is 2.82. The fraction of sp³-hybridized carbons (Fsp3) is 0.375. The molecule has 3 rings (SSSR count). The highest BCUT2D eigenvalue weighted by Gasteiger charge is 2.23. The number of imidazole rings is 1. The van der Waals surface area contributed by atoms with Crippen molar-refractivity contribution in [2.75, 3.05) is 13.1 Å². The zero-order valence-corrected chi connectivity index (χ0v) is 11.8. The minimum atomic E-state index is -0.365. The second-order valence-electron chi connectivity index (χ2n) is 5.51. The number of carbonyl (C=O) groups is 1. The molecule has 0 saturated carbocycles. The smallest absolute Gasteiger partial charge is 0.253 e. The third-order valence-corrected chi connectivity index (χ3v) is 4.00. The van der Waals surface area contributed by atoms with E-state index in [0.29, 0.717) is 11.5 Å². The summed E-state index contributed by atoms with van der Waals surface area (Å²) in [5.41, 5.74) is 0.433. The first kappa shape index (κ1) is 13.8. The Labute approximate surface area is 123 Å². The SMILES string of the molecule is O=C(c1cccc(F)c1)N1CCC(Cn2ccnc2)CC1. The maximum Gasteiger partial charge on any atom is 0.253 e. The highest BCUT2D eigenvalue weighted by molar-refractivity contribution is 5.94. The average Bonchev–Trinajstić information content (AvgIpc) is 3.00. The van der Waals surface area contributed by atoms with Gasteiger partial charge in [0.25, 0.3) is 5.91 Å². The largest absolute Gasteiger partial charge is 0.339 e. The molecule has 1 aliphatic heterocycles. The lowest BCUT2D eigenvalue weighted by atomic mass is 9.96. The highest BCUT2D eigenvalue weighted by atomic mass is 19.1. The van der Waals surface area contributed by atoms with E-state index in [1.807, 2.05) is 17.4 Å². The predicted octanol–water partition coefficient (Wildman–Crippen LogP) is 2.57. The molecule has 1 saturated heterocycles. The van der Waals surface area contributed by atoms with Gasteiger partial charge in [0.2, 0.25) is 0 Å². The van der Waals surface area contributed by atoms with Crippen LogP contribution in [0.1, 0.15) is 23.2 Å². The molecule has 1 aliphatic rings. The number of benzene rings is 1. The summed E-state index contributed by atoms with van der Waals surface area (Å²) in [6.07, 6.45) is 7.51. The Hall–Kier alpha value is -2.17. The van der Waals surface area contributed by atoms with E-state index >= 15 is 0 Å². The van der Waals surface area contributed by atoms with Gasteiger partial charge >= 0.3 is 0 Å². The van der Waals surface area contributed by atoms with Gasteiger partial charge in [-0.1, -0.05) is 6.07 Å². The molecule has 1 aromatic heterocycles. The Morgan fingerprint density at radius 2 is 2.14 bits per heavy atom. The molecule has 5 heteroatoms. The van der Waals surface area contributed by atoms with E-state index in [0.717, 1.165) is 32.5 Å². The topological polar surface area (TPSA) is 38.1 Å². The van der Waals surface area contributed by atoms with Gasteiger partial charge in [0.05, 0.1) is 6.33 Å². The second-order valence-corrected chi connectivity index (χ2v) is 5.51. The number of halogens is 1. The molecule has 0 N–H and O–H groups in total. The van der Waals surface area contributed by atoms with Crippen LogP contribution < -0.4 is 0 Å². The van der Waals surface area contributed by atoms with E-state index in [9.17, 15) is 9.18 Å². The molecular formula is C16H18FN3O. The summed E-state index contributed by atoms with van der Waals surface area (Å²) in [6, 6.07) is 5.91. The van der Waals surface area contributed by atoms with Crippen molar-refractivity contribution < 1.29 is 9.18 Å². The van der Waals surface area contributed by atoms with E-state index in [2.05, 4.69) is 9.55 Å². The van der Waals surface area contributed by atoms with Crippen molar-refractivity contribution in [3.8, 4) is 0 Å². The summed E-state index contributed by atoms with van der Waals surface area (Å²) in [5.74, 6) is 0.127. The maximum atomic E-state index is 13.2. The van der Waals surface area contributed by atoms with Gasteiger partial charge in [-0.25, -0.2) is 9.37 Å². The van der Waals surface area contributed by atoms with Crippen LogP contribution in [0.2, 0.25) is 0 Å². The number of hydrogen-bond donors (Lipinski definition) is 0. The molecule has 1 aromatic carbocycles. The van der Waals surface area contributed by atoms with Crippen molar-refractivity contribution in [3.63, 3.8) is 0 Å². The summed E-state index contributed by atoms with van der Waals surface area (Å²) < 4.78 is 15.3. The summed E-state index contributed by atoms with van der Waals surface area (Å²) in [4.78, 5) is 18.2. The molecule has 1 amide bonds. The van der Waals surface area contributed by atoms with Gasteiger partial charge in [-0.2, -0.15) is 0 Å². The number of hydrogen-bond acceptors (Lipinski definition) is 2. The average molecular weight is 287 g/mol. The summed E-state index contributed by atoms with van der Waals surface area (Å²) in [5, 5.41) is 0. The van der Waals surface area contributed by atoms with E-state index < -0.39 is 0 Å². The van der Waals surface area contributed by atoms with Crippen molar-refractivity contribution >= 4 is 5.91 Å². The lowest BCUT2D eigenvalue weighted by molar-refractivity contribution is 0.0682. The lowest BCUT2D eigenvalue weighted by Crippen LogP contribution is -2.39. The van der Waals surface area contributed by atoms with Gasteiger partial charge in [-0.15, -0.1) is 0 Å². The Morgan fingerprint density at radius 3 is 2.81 bits per heavy atom. The van der Waals surface area contributed by atoms with Gasteiger partial charge in [-0.05, 0) is 37.0 Å². The first-order valence-corrected chi connectivity index (χ1v) is 7.23. The van der Waals surface area contributed by atoms with Crippen LogP contribution in [0, 0.1) is 11.7 Å². The van der Waals surface area contributed by atoms with Crippen molar-refractivity contribution in [1.82, 2.24) is 14.5 Å². The van der Waals surface area contributed by atoms with Crippen LogP contribution in [0.3, 0.4) is 0 Å². The van der Waals surface area contributed by atoms with E-state index in [1.54, 1.807) is 18.3 Å². The van der Waals surface area contributed by atoms with Gasteiger partial charge in [0.15, 0.2) is 0 Å². The number of aromatic nitrogens is 2. The minimum absolute atomic E-state index is 0.0735. The molecule has 0 atom stereocenters. The first-order chi connectivity index (χ1) is 10.2. The molecule has 21 heavy (non-hydrogen) atoms. The van der Waals surface area contributed by atoms with Gasteiger partial charge < -0.3 is 9.47 Å². The third kappa shape index (κ3) is 3.29. The molecular weight excluding hydrogens is 269 g/mol. The zero-order chi connectivity index (χ0) is 14.7. The Morgan fingerprint density at radius 1 is 1.33 bits per heavy atom. The number of piperidine rings is 1. The molecule has 0 spiro atoms. The first-order valence-electron chi connectivity index (χ1n) is 7.23. The summed E-state index contributed by atoms with van der Waals surface area (Å²) >= 11 is 0. The molecule has 110 valence electrons. The number of likely N-dealkylation sites (tertiary alicyclic amines) is 1. The maximum absolute atomic E-state index is 13.2. The van der Waals surface area contributed by atoms with Crippen LogP contribution in [0.4, 0.5) is 4.39 Å². The zero-order valence-electron chi connectivity index (χ0n) is 11.8. The molecule has 0 unspecified atom stereocenters. The van der Waals surface area contributed by atoms with Crippen molar-refractivity contribution in [1.29, 1.82) is 0 Å². The Kier molecular flexibility index (Phi) is 3.99. The van der Waals surface area contributed by atoms with Gasteiger partial charge in [0, 0.05) is 37.6 Å². The van der Waals surface area contributed by atoms with Crippen LogP contribution in [0.15, 0.2) is 43.0 Å². The number of nitrogens with zero attached hydrogens (tertiary/aromatic N) is 3. The van der Waals surface area contributed by atoms with E-state index in [-0.39, 0.29) is 11.7 Å². The normalized spacial score (nSPS) is 16.1. The van der Waals surface area contributed by atoms with Crippen molar-refractivity contribution in [3.05, 3.63) is 54.4 Å². The van der Waals surface area contributed by atoms with Crippen LogP contribution in [-0.4, -0.2) is 33.4 Å². The molecule has 1 fully saturated rings. The summed E-state index contributed by atoms with van der Waals surface area (Å²) in [7, 11) is 0. The fourth-order valence-corrected chi connectivity index (χ4v) is 2.82. The van der Waals surface area contributed by atoms with Crippen LogP contribution in [0.25, 0.3) is 0 Å². The number of rotatable bonds is 3. The lowest BCUT2D eigenvalue weighted by Gasteiger charge is -2.32. The Balaban J connectivity index is 1.57. The minimum Gasteiger partial charge on any atom is -0.339 e. The van der Waals surface area contributed by atoms with Crippen LogP contribution in [-0.2, 0) is 6.54 Å². The van der Waals surface area contributed by atoms with Crippen molar-refractivity contribution in [2.45, 2.75) is 19.4 Å². The predicted molar refractivity (Wildman–Crippen MR) is 77.3 cm³/mol. The quantitative estimate of drug-likeness (QED) is 0.870. The van der Waals surface area contributed by atoms with Crippen LogP contribution in [0.5, 0.6) is 0 Å². The van der Waals surface area contributed by atoms with Crippen molar-refractivity contribution in [2.24, 2.45) is 5.92 Å². The number of carbonyl (C=O) groups excluding carboxylic acids is 1. The molecule has 4 nitrogen and oxygen atoms in total. The Bertz CT molecular complexity index is 604. The molecule has 0 bridgehead atoms. The highest BCUT2D eigenvalue weighted by Crippen LogP contribution is 2.20. The molecule has 0 radical (unpaired) electrons. The standard InChI is InChI=1S/C16H18FN3O/c17-15-3-1-2-14(10-15)16(21)20-7-4-13(5-8-20)11-19-9-6-18-12-19/h1-3,6,9-10,12-13H,4-5,7-8,11H2. The molecule has 0 aliphatic carbocycles. The van der Waals surface area contributed by atoms with Gasteiger partial charge in [-0.3, -0.25) is 4.79 Å². The molecule has 2 heterocycles. The monoisotopic (exact) mass is 287 g/mol. The molecule has 2 aromatic rings. The van der Waals surface area contributed by atoms with Gasteiger partial charge in [0.1, 0.15) is 5.82 Å². The second kappa shape index (κ2) is 6.08. The third-order valence-electron chi connectivity index (χ3n) is 4.00. The van der Waals surface area contributed by atoms with E-state index in [1.165, 1.54) is 12.1 Å². The van der Waals surface area contributed by atoms with E-state index in [4.69, 9.17) is 0 Å². The number of amides is 1.